The van der Waals surface area contributed by atoms with Gasteiger partial charge < -0.3 is 0 Å². The molecule has 0 bridgehead atoms. The van der Waals surface area contributed by atoms with E-state index in [1.165, 1.54) is 12.1 Å². The molecule has 5 heteroatoms. The van der Waals surface area contributed by atoms with Gasteiger partial charge in [-0.2, -0.15) is 0 Å². The molecule has 0 saturated carbocycles. The minimum atomic E-state index is -3.50. The topological polar surface area (TPSA) is 46.2 Å². The zero-order chi connectivity index (χ0) is 12.0. The molecule has 1 N–H and O–H groups in total. The highest BCUT2D eigenvalue weighted by Gasteiger charge is 2.28. The fraction of sp³-hybridized carbons (Fsp3) is 0. The summed E-state index contributed by atoms with van der Waals surface area (Å²) in [6, 6.07) is 11.7. The van der Waals surface area contributed by atoms with Crippen LogP contribution in [0.2, 0.25) is 5.02 Å². The van der Waals surface area contributed by atoms with E-state index in [0.29, 0.717) is 10.7 Å². The molecule has 1 aromatic carbocycles. The maximum atomic E-state index is 12.0. The van der Waals surface area contributed by atoms with Gasteiger partial charge in [-0.1, -0.05) is 29.8 Å². The fourth-order valence-electron chi connectivity index (χ4n) is 1.72. The van der Waals surface area contributed by atoms with Crippen LogP contribution in [-0.4, -0.2) is 8.42 Å². The summed E-state index contributed by atoms with van der Waals surface area (Å²) in [5.74, 6) is 0. The lowest BCUT2D eigenvalue weighted by Crippen LogP contribution is -2.10. The average Bonchev–Trinajstić information content (AvgIpc) is 2.75. The van der Waals surface area contributed by atoms with Crippen molar-refractivity contribution in [3.05, 3.63) is 47.5 Å². The van der Waals surface area contributed by atoms with E-state index in [1.807, 2.05) is 18.2 Å². The van der Waals surface area contributed by atoms with Crippen molar-refractivity contribution in [2.45, 2.75) is 4.90 Å². The Morgan fingerprint density at radius 2 is 1.53 bits per heavy atom. The average molecular weight is 266 g/mol. The Kier molecular flexibility index (Phi) is 2.18. The molecule has 3 nitrogen and oxygen atoms in total. The molecular formula is C12H8ClNO2S. The molecule has 0 spiro atoms. The molecule has 0 radical (unpaired) electrons. The highest BCUT2D eigenvalue weighted by molar-refractivity contribution is 7.92. The lowest BCUT2D eigenvalue weighted by atomic mass is 10.4. The second-order valence-corrected chi connectivity index (χ2v) is 5.91. The fourth-order valence-corrected chi connectivity index (χ4v) is 2.95. The van der Waals surface area contributed by atoms with Gasteiger partial charge >= 0.3 is 0 Å². The number of fused-ring (bicyclic) bond motifs is 1. The summed E-state index contributed by atoms with van der Waals surface area (Å²) in [5, 5.41) is 0.514. The Morgan fingerprint density at radius 1 is 0.941 bits per heavy atom. The summed E-state index contributed by atoms with van der Waals surface area (Å²) in [6.07, 6.45) is 0. The van der Waals surface area contributed by atoms with Crippen molar-refractivity contribution < 1.29 is 8.42 Å². The van der Waals surface area contributed by atoms with Crippen LogP contribution in [0.15, 0.2) is 47.4 Å². The SMILES string of the molecule is O=S(=O)(Nc1c2cccc1-2)c1ccc(Cl)cc1. The first kappa shape index (κ1) is 10.6. The summed E-state index contributed by atoms with van der Waals surface area (Å²) in [7, 11) is -3.50. The Hall–Kier alpha value is -1.52. The van der Waals surface area contributed by atoms with Crippen molar-refractivity contribution in [2.75, 3.05) is 4.72 Å². The molecule has 2 aliphatic carbocycles. The van der Waals surface area contributed by atoms with Gasteiger partial charge in [0.25, 0.3) is 10.0 Å². The number of anilines is 1. The van der Waals surface area contributed by atoms with E-state index < -0.39 is 10.0 Å². The third-order valence-corrected chi connectivity index (χ3v) is 4.27. The van der Waals surface area contributed by atoms with Crippen LogP contribution in [0.3, 0.4) is 0 Å². The number of benzene rings is 2. The molecule has 0 aliphatic heterocycles. The number of nitrogens with one attached hydrogen (secondary N) is 1. The summed E-state index contributed by atoms with van der Waals surface area (Å²) in [6.45, 7) is 0. The molecule has 1 aromatic rings. The smallest absolute Gasteiger partial charge is 0.261 e. The van der Waals surface area contributed by atoms with Crippen molar-refractivity contribution in [2.24, 2.45) is 0 Å². The first-order chi connectivity index (χ1) is 8.08. The lowest BCUT2D eigenvalue weighted by molar-refractivity contribution is 0.601. The quantitative estimate of drug-likeness (QED) is 0.791. The molecule has 0 unspecified atom stereocenters. The second-order valence-electron chi connectivity index (χ2n) is 3.79. The van der Waals surface area contributed by atoms with Crippen molar-refractivity contribution in [1.29, 1.82) is 0 Å². The van der Waals surface area contributed by atoms with E-state index in [0.717, 1.165) is 11.1 Å². The summed E-state index contributed by atoms with van der Waals surface area (Å²) in [4.78, 5) is 0.213. The molecule has 0 amide bonds. The molecule has 0 saturated heterocycles. The van der Waals surface area contributed by atoms with Gasteiger partial charge in [-0.25, -0.2) is 8.42 Å². The van der Waals surface area contributed by atoms with Gasteiger partial charge in [-0.05, 0) is 24.3 Å². The highest BCUT2D eigenvalue weighted by Crippen LogP contribution is 2.49. The van der Waals surface area contributed by atoms with Crippen LogP contribution in [0, 0.1) is 0 Å². The van der Waals surface area contributed by atoms with E-state index in [4.69, 9.17) is 11.6 Å². The van der Waals surface area contributed by atoms with Crippen LogP contribution in [0.25, 0.3) is 11.1 Å². The predicted molar refractivity (Wildman–Crippen MR) is 67.7 cm³/mol. The van der Waals surface area contributed by atoms with Crippen LogP contribution >= 0.6 is 11.6 Å². The number of sulfonamides is 1. The Labute approximate surface area is 104 Å². The van der Waals surface area contributed by atoms with Crippen LogP contribution in [-0.2, 0) is 10.0 Å². The maximum Gasteiger partial charge on any atom is 0.261 e. The number of para-hydroxylation sites is 1. The minimum Gasteiger partial charge on any atom is -0.278 e. The first-order valence-corrected chi connectivity index (χ1v) is 6.86. The van der Waals surface area contributed by atoms with Crippen LogP contribution in [0.4, 0.5) is 5.69 Å². The Balaban J connectivity index is 1.91. The standard InChI is InChI=1S/C12H8ClNO2S/c13-8-4-6-9(7-5-8)17(15,16)14-12-10-2-1-3-11(10)12/h1-7,14H. The summed E-state index contributed by atoms with van der Waals surface area (Å²) < 4.78 is 26.5. The van der Waals surface area contributed by atoms with Crippen LogP contribution in [0.5, 0.6) is 0 Å². The summed E-state index contributed by atoms with van der Waals surface area (Å²) >= 11 is 5.71. The van der Waals surface area contributed by atoms with E-state index in [-0.39, 0.29) is 4.90 Å². The number of hydrogen-bond acceptors (Lipinski definition) is 2. The maximum absolute atomic E-state index is 12.0. The molecule has 0 fully saturated rings. The van der Waals surface area contributed by atoms with E-state index in [9.17, 15) is 8.42 Å². The Morgan fingerprint density at radius 3 is 2.12 bits per heavy atom. The molecule has 2 aliphatic rings. The van der Waals surface area contributed by atoms with Crippen molar-refractivity contribution in [3.8, 4) is 11.1 Å². The first-order valence-electron chi connectivity index (χ1n) is 5.00. The van der Waals surface area contributed by atoms with E-state index >= 15 is 0 Å². The van der Waals surface area contributed by atoms with Gasteiger partial charge in [0.15, 0.2) is 0 Å². The lowest BCUT2D eigenvalue weighted by Gasteiger charge is -2.03. The third kappa shape index (κ3) is 1.79. The second kappa shape index (κ2) is 3.48. The monoisotopic (exact) mass is 265 g/mol. The van der Waals surface area contributed by atoms with Crippen molar-refractivity contribution in [3.63, 3.8) is 0 Å². The normalized spacial score (nSPS) is 12.3. The largest absolute Gasteiger partial charge is 0.278 e. The zero-order valence-electron chi connectivity index (χ0n) is 8.64. The molecule has 17 heavy (non-hydrogen) atoms. The molecule has 0 aromatic heterocycles. The van der Waals surface area contributed by atoms with Crippen LogP contribution < -0.4 is 4.72 Å². The molecule has 0 atom stereocenters. The molecular weight excluding hydrogens is 258 g/mol. The molecule has 0 heterocycles. The number of halogens is 1. The Bertz CT molecular complexity index is 673. The van der Waals surface area contributed by atoms with Gasteiger partial charge in [0.1, 0.15) is 0 Å². The van der Waals surface area contributed by atoms with Gasteiger partial charge in [-0.3, -0.25) is 4.72 Å². The minimum absolute atomic E-state index is 0.213. The van der Waals surface area contributed by atoms with E-state index in [1.54, 1.807) is 12.1 Å². The van der Waals surface area contributed by atoms with Crippen molar-refractivity contribution in [1.82, 2.24) is 0 Å². The number of hydrogen-bond donors (Lipinski definition) is 1. The molecule has 3 rings (SSSR count). The van der Waals surface area contributed by atoms with Crippen LogP contribution in [0.1, 0.15) is 0 Å². The van der Waals surface area contributed by atoms with Crippen molar-refractivity contribution >= 4 is 27.3 Å². The third-order valence-electron chi connectivity index (χ3n) is 2.65. The van der Waals surface area contributed by atoms with Gasteiger partial charge in [-0.15, -0.1) is 0 Å². The number of rotatable bonds is 3. The van der Waals surface area contributed by atoms with Gasteiger partial charge in [0, 0.05) is 16.1 Å². The zero-order valence-corrected chi connectivity index (χ0v) is 10.2. The van der Waals surface area contributed by atoms with Gasteiger partial charge in [0.2, 0.25) is 0 Å². The predicted octanol–water partition coefficient (Wildman–Crippen LogP) is 3.12. The highest BCUT2D eigenvalue weighted by atomic mass is 35.5. The van der Waals surface area contributed by atoms with Gasteiger partial charge in [0.05, 0.1) is 10.6 Å². The van der Waals surface area contributed by atoms with E-state index in [2.05, 4.69) is 4.72 Å². The molecule has 86 valence electrons. The summed E-state index contributed by atoms with van der Waals surface area (Å²) in [5.41, 5.74) is 2.65.